The van der Waals surface area contributed by atoms with Crippen molar-refractivity contribution in [2.24, 2.45) is 10.8 Å². The molecule has 2 aromatic rings. The average Bonchev–Trinajstić information content (AvgIpc) is 2.83. The predicted molar refractivity (Wildman–Crippen MR) is 147 cm³/mol. The molecule has 37 heavy (non-hydrogen) atoms. The maximum atomic E-state index is 13.9. The summed E-state index contributed by atoms with van der Waals surface area (Å²) in [6.45, 7) is 12.2. The van der Waals surface area contributed by atoms with E-state index in [0.29, 0.717) is 26.0 Å². The van der Waals surface area contributed by atoms with Gasteiger partial charge in [0.15, 0.2) is 11.6 Å². The van der Waals surface area contributed by atoms with Gasteiger partial charge in [-0.15, -0.1) is 0 Å². The van der Waals surface area contributed by atoms with Gasteiger partial charge in [-0.2, -0.15) is 0 Å². The zero-order chi connectivity index (χ0) is 26.4. The summed E-state index contributed by atoms with van der Waals surface area (Å²) in [4.78, 5) is 30.1. The molecule has 0 amide bonds. The lowest BCUT2D eigenvalue weighted by Crippen LogP contribution is -2.44. The van der Waals surface area contributed by atoms with Crippen LogP contribution >= 0.6 is 0 Å². The summed E-state index contributed by atoms with van der Waals surface area (Å²) >= 11 is 0. The van der Waals surface area contributed by atoms with Gasteiger partial charge in [0, 0.05) is 47.8 Å². The van der Waals surface area contributed by atoms with E-state index in [-0.39, 0.29) is 28.3 Å². The molecule has 3 aliphatic rings. The number of ketones is 2. The van der Waals surface area contributed by atoms with E-state index in [4.69, 9.17) is 4.74 Å². The predicted octanol–water partition coefficient (Wildman–Crippen LogP) is 7.36. The van der Waals surface area contributed by atoms with Crippen LogP contribution in [-0.4, -0.2) is 23.1 Å². The molecule has 0 N–H and O–H groups in total. The molecule has 0 unspecified atom stereocenters. The molecule has 0 atom stereocenters. The van der Waals surface area contributed by atoms with E-state index in [1.165, 1.54) is 5.56 Å². The van der Waals surface area contributed by atoms with Crippen LogP contribution in [0.5, 0.6) is 5.75 Å². The quantitative estimate of drug-likeness (QED) is 0.418. The molecule has 4 nitrogen and oxygen atoms in total. The number of carbonyl (C=O) groups is 2. The average molecular weight is 498 g/mol. The Morgan fingerprint density at radius 2 is 1.32 bits per heavy atom. The fraction of sp³-hybridized carbons (Fsp3) is 0.455. The van der Waals surface area contributed by atoms with Gasteiger partial charge in [0.25, 0.3) is 0 Å². The highest BCUT2D eigenvalue weighted by molar-refractivity contribution is 6.06. The summed E-state index contributed by atoms with van der Waals surface area (Å²) in [5.74, 6) is 0.849. The lowest BCUT2D eigenvalue weighted by atomic mass is 9.63. The van der Waals surface area contributed by atoms with Crippen LogP contribution in [0.25, 0.3) is 0 Å². The van der Waals surface area contributed by atoms with Crippen molar-refractivity contribution in [3.8, 4) is 5.75 Å². The number of carbonyl (C=O) groups excluding carboxylic acids is 2. The van der Waals surface area contributed by atoms with Crippen molar-refractivity contribution in [2.75, 3.05) is 6.61 Å². The number of rotatable bonds is 6. The van der Waals surface area contributed by atoms with Crippen molar-refractivity contribution in [3.63, 3.8) is 0 Å². The second-order valence-electron chi connectivity index (χ2n) is 12.5. The molecular weight excluding hydrogens is 458 g/mol. The molecule has 0 spiro atoms. The second-order valence-corrected chi connectivity index (χ2v) is 12.5. The van der Waals surface area contributed by atoms with Crippen molar-refractivity contribution in [1.29, 1.82) is 0 Å². The first-order valence-electron chi connectivity index (χ1n) is 13.7. The Balaban J connectivity index is 1.69. The fourth-order valence-corrected chi connectivity index (χ4v) is 6.31. The molecule has 4 heteroatoms. The zero-order valence-electron chi connectivity index (χ0n) is 22.9. The number of nitrogens with zero attached hydrogens (tertiary/aromatic N) is 1. The lowest BCUT2D eigenvalue weighted by molar-refractivity contribution is -0.119. The summed E-state index contributed by atoms with van der Waals surface area (Å²) in [5.41, 5.74) is 5.79. The summed E-state index contributed by atoms with van der Waals surface area (Å²) < 4.78 is 5.82. The Labute approximate surface area is 221 Å². The van der Waals surface area contributed by atoms with Gasteiger partial charge >= 0.3 is 0 Å². The molecular formula is C33H39NO3. The Bertz CT molecular complexity index is 1210. The van der Waals surface area contributed by atoms with Gasteiger partial charge in [0.05, 0.1) is 6.61 Å². The normalized spacial score (nSPS) is 21.2. The van der Waals surface area contributed by atoms with Crippen LogP contribution in [0.4, 0.5) is 0 Å². The van der Waals surface area contributed by atoms with E-state index in [9.17, 15) is 9.59 Å². The number of hydrogen-bond donors (Lipinski definition) is 0. The van der Waals surface area contributed by atoms with Gasteiger partial charge in [-0.25, -0.2) is 0 Å². The SMILES string of the molecule is CCCOc1ccc(C2C3=C(CC(C)(C)CC3=O)N(Cc3ccccc3)C3=C2C(=O)CC(C)(C)C3)cc1. The maximum Gasteiger partial charge on any atom is 0.162 e. The molecule has 0 saturated carbocycles. The van der Waals surface area contributed by atoms with Crippen molar-refractivity contribution < 1.29 is 14.3 Å². The highest BCUT2D eigenvalue weighted by atomic mass is 16.5. The number of ether oxygens (including phenoxy) is 1. The van der Waals surface area contributed by atoms with E-state index in [2.05, 4.69) is 75.9 Å². The van der Waals surface area contributed by atoms with Gasteiger partial charge < -0.3 is 9.64 Å². The number of hydrogen-bond acceptors (Lipinski definition) is 4. The third kappa shape index (κ3) is 5.03. The number of allylic oxidation sites excluding steroid dienone is 4. The van der Waals surface area contributed by atoms with Crippen LogP contribution in [0.3, 0.4) is 0 Å². The second kappa shape index (κ2) is 9.63. The minimum absolute atomic E-state index is 0.125. The molecule has 1 heterocycles. The van der Waals surface area contributed by atoms with Gasteiger partial charge in [-0.05, 0) is 53.4 Å². The summed E-state index contributed by atoms with van der Waals surface area (Å²) in [7, 11) is 0. The topological polar surface area (TPSA) is 46.6 Å². The van der Waals surface area contributed by atoms with E-state index in [0.717, 1.165) is 53.1 Å². The third-order valence-corrected chi connectivity index (χ3v) is 7.89. The molecule has 194 valence electrons. The van der Waals surface area contributed by atoms with E-state index < -0.39 is 0 Å². The first kappa shape index (κ1) is 25.5. The lowest BCUT2D eigenvalue weighted by Gasteiger charge is -2.49. The molecule has 0 aromatic heterocycles. The maximum absolute atomic E-state index is 13.9. The van der Waals surface area contributed by atoms with Gasteiger partial charge in [0.2, 0.25) is 0 Å². The standard InChI is InChI=1S/C33H39NO3/c1-6-16-37-24-14-12-23(13-15-24)29-30-25(17-32(2,3)19-27(30)35)34(21-22-10-8-7-9-11-22)26-18-33(4,5)20-28(36)31(26)29/h7-15,29H,6,16-21H2,1-5H3. The van der Waals surface area contributed by atoms with Gasteiger partial charge in [0.1, 0.15) is 5.75 Å². The Kier molecular flexibility index (Phi) is 6.64. The molecule has 0 saturated heterocycles. The first-order chi connectivity index (χ1) is 17.6. The molecule has 1 aliphatic heterocycles. The zero-order valence-corrected chi connectivity index (χ0v) is 22.9. The molecule has 2 aliphatic carbocycles. The van der Waals surface area contributed by atoms with E-state index in [1.807, 2.05) is 18.2 Å². The highest BCUT2D eigenvalue weighted by Crippen LogP contribution is 2.54. The van der Waals surface area contributed by atoms with Crippen molar-refractivity contribution in [3.05, 3.63) is 88.3 Å². The van der Waals surface area contributed by atoms with Crippen LogP contribution in [0, 0.1) is 10.8 Å². The largest absolute Gasteiger partial charge is 0.494 e. The van der Waals surface area contributed by atoms with E-state index >= 15 is 0 Å². The van der Waals surface area contributed by atoms with Crippen molar-refractivity contribution in [1.82, 2.24) is 4.90 Å². The smallest absolute Gasteiger partial charge is 0.162 e. The minimum Gasteiger partial charge on any atom is -0.494 e. The summed E-state index contributed by atoms with van der Waals surface area (Å²) in [5, 5.41) is 0. The van der Waals surface area contributed by atoms with Crippen LogP contribution < -0.4 is 4.74 Å². The highest BCUT2D eigenvalue weighted by Gasteiger charge is 2.48. The minimum atomic E-state index is -0.315. The molecule has 0 bridgehead atoms. The molecule has 2 aromatic carbocycles. The van der Waals surface area contributed by atoms with Gasteiger partial charge in [-0.3, -0.25) is 9.59 Å². The summed E-state index contributed by atoms with van der Waals surface area (Å²) in [6.07, 6.45) is 3.59. The number of benzene rings is 2. The molecule has 5 rings (SSSR count). The monoisotopic (exact) mass is 497 g/mol. The molecule has 0 fully saturated rings. The molecule has 0 radical (unpaired) electrons. The van der Waals surface area contributed by atoms with Crippen molar-refractivity contribution in [2.45, 2.75) is 79.2 Å². The first-order valence-corrected chi connectivity index (χ1v) is 13.7. The Hall–Kier alpha value is -3.14. The summed E-state index contributed by atoms with van der Waals surface area (Å²) in [6, 6.07) is 18.5. The Morgan fingerprint density at radius 3 is 1.84 bits per heavy atom. The van der Waals surface area contributed by atoms with E-state index in [1.54, 1.807) is 0 Å². The van der Waals surface area contributed by atoms with Crippen LogP contribution in [0.1, 0.15) is 83.8 Å². The fourth-order valence-electron chi connectivity index (χ4n) is 6.31. The van der Waals surface area contributed by atoms with Crippen LogP contribution in [0.15, 0.2) is 77.1 Å². The number of Topliss-reactive ketones (excluding diaryl/α,β-unsaturated/α-hetero) is 2. The van der Waals surface area contributed by atoms with Crippen molar-refractivity contribution >= 4 is 11.6 Å². The van der Waals surface area contributed by atoms with Crippen LogP contribution in [0.2, 0.25) is 0 Å². The van der Waals surface area contributed by atoms with Crippen LogP contribution in [-0.2, 0) is 16.1 Å². The third-order valence-electron chi connectivity index (χ3n) is 7.89. The Morgan fingerprint density at radius 1 is 0.784 bits per heavy atom. The van der Waals surface area contributed by atoms with Gasteiger partial charge in [-0.1, -0.05) is 77.1 Å².